The summed E-state index contributed by atoms with van der Waals surface area (Å²) < 4.78 is 5.55. The van der Waals surface area contributed by atoms with Crippen LogP contribution in [0.15, 0.2) is 58.4 Å². The van der Waals surface area contributed by atoms with Gasteiger partial charge in [-0.25, -0.2) is 0 Å². The Morgan fingerprint density at radius 2 is 1.90 bits per heavy atom. The molecule has 3 rings (SSSR count). The van der Waals surface area contributed by atoms with Crippen LogP contribution in [0.25, 0.3) is 6.08 Å². The van der Waals surface area contributed by atoms with E-state index in [-0.39, 0.29) is 23.6 Å². The van der Waals surface area contributed by atoms with Crippen LogP contribution in [0.2, 0.25) is 0 Å². The maximum atomic E-state index is 12.1. The molecule has 0 aromatic heterocycles. The highest BCUT2D eigenvalue weighted by atomic mass is 32.2. The molecule has 0 radical (unpaired) electrons. The Hall–Kier alpha value is -3.39. The minimum atomic E-state index is -0.414. The van der Waals surface area contributed by atoms with E-state index in [1.165, 1.54) is 6.92 Å². The van der Waals surface area contributed by atoms with Gasteiger partial charge < -0.3 is 15.4 Å². The molecule has 0 spiro atoms. The van der Waals surface area contributed by atoms with Gasteiger partial charge in [-0.05, 0) is 54.6 Å². The van der Waals surface area contributed by atoms with Gasteiger partial charge in [-0.15, -0.1) is 0 Å². The molecule has 0 aliphatic carbocycles. The second-order valence-corrected chi connectivity index (χ2v) is 7.32. The molecule has 0 saturated heterocycles. The van der Waals surface area contributed by atoms with E-state index in [0.717, 1.165) is 22.9 Å². The van der Waals surface area contributed by atoms with Gasteiger partial charge in [-0.2, -0.15) is 4.99 Å². The minimum absolute atomic E-state index is 0.141. The fraction of sp³-hybridized carbons (Fsp3) is 0.143. The van der Waals surface area contributed by atoms with Crippen LogP contribution < -0.4 is 15.4 Å². The SMILES string of the molecule is CC(=O)NC1=NC(=O)/C(=C/c2cccc(OCC(=O)Nc3ccc(C)cc3)c2)S1. The summed E-state index contributed by atoms with van der Waals surface area (Å²) in [5.74, 6) is -0.475. The third-order valence-corrected chi connectivity index (χ3v) is 4.66. The zero-order chi connectivity index (χ0) is 20.8. The van der Waals surface area contributed by atoms with E-state index in [0.29, 0.717) is 16.3 Å². The largest absolute Gasteiger partial charge is 0.484 e. The van der Waals surface area contributed by atoms with E-state index in [1.807, 2.05) is 31.2 Å². The molecule has 3 amide bonds. The Morgan fingerprint density at radius 1 is 1.14 bits per heavy atom. The monoisotopic (exact) mass is 409 g/mol. The van der Waals surface area contributed by atoms with Crippen molar-refractivity contribution in [1.82, 2.24) is 5.32 Å². The molecular formula is C21H19N3O4S. The number of thioether (sulfide) groups is 1. The van der Waals surface area contributed by atoms with Gasteiger partial charge in [0, 0.05) is 12.6 Å². The van der Waals surface area contributed by atoms with Gasteiger partial charge in [0.2, 0.25) is 5.91 Å². The molecule has 1 aliphatic heterocycles. The van der Waals surface area contributed by atoms with Gasteiger partial charge in [0.1, 0.15) is 5.75 Å². The molecule has 148 valence electrons. The first-order valence-electron chi connectivity index (χ1n) is 8.78. The van der Waals surface area contributed by atoms with Gasteiger partial charge in [-0.1, -0.05) is 29.8 Å². The summed E-state index contributed by atoms with van der Waals surface area (Å²) in [6, 6.07) is 14.5. The standard InChI is InChI=1S/C21H19N3O4S/c1-13-6-8-16(9-7-13)23-19(26)12-28-17-5-3-4-15(10-17)11-18-20(27)24-21(29-18)22-14(2)25/h3-11H,12H2,1-2H3,(H,23,26)(H,22,24,25,27)/b18-11-. The quantitative estimate of drug-likeness (QED) is 0.740. The van der Waals surface area contributed by atoms with Gasteiger partial charge in [0.05, 0.1) is 4.91 Å². The fourth-order valence-electron chi connectivity index (χ4n) is 2.44. The fourth-order valence-corrected chi connectivity index (χ4v) is 3.30. The smallest absolute Gasteiger partial charge is 0.286 e. The van der Waals surface area contributed by atoms with Crippen molar-refractivity contribution in [3.8, 4) is 5.75 Å². The number of hydrogen-bond acceptors (Lipinski definition) is 5. The number of carbonyl (C=O) groups excluding carboxylic acids is 3. The lowest BCUT2D eigenvalue weighted by Gasteiger charge is -2.08. The summed E-state index contributed by atoms with van der Waals surface area (Å²) >= 11 is 1.09. The van der Waals surface area contributed by atoms with Crippen molar-refractivity contribution in [2.45, 2.75) is 13.8 Å². The maximum Gasteiger partial charge on any atom is 0.286 e. The molecule has 29 heavy (non-hydrogen) atoms. The van der Waals surface area contributed by atoms with Gasteiger partial charge in [0.15, 0.2) is 11.8 Å². The molecule has 2 N–H and O–H groups in total. The number of hydrogen-bond donors (Lipinski definition) is 2. The van der Waals surface area contributed by atoms with Gasteiger partial charge in [-0.3, -0.25) is 14.4 Å². The molecule has 0 unspecified atom stereocenters. The summed E-state index contributed by atoms with van der Waals surface area (Å²) in [5, 5.41) is 5.52. The summed E-state index contributed by atoms with van der Waals surface area (Å²) in [6.07, 6.45) is 1.66. The summed E-state index contributed by atoms with van der Waals surface area (Å²) in [6.45, 7) is 3.18. The Balaban J connectivity index is 1.58. The molecule has 2 aromatic rings. The lowest BCUT2D eigenvalue weighted by atomic mass is 10.2. The lowest BCUT2D eigenvalue weighted by molar-refractivity contribution is -0.118. The van der Waals surface area contributed by atoms with Crippen molar-refractivity contribution >= 4 is 46.4 Å². The van der Waals surface area contributed by atoms with Crippen LogP contribution in [0.3, 0.4) is 0 Å². The molecule has 0 fully saturated rings. The first kappa shape index (κ1) is 20.3. The van der Waals surface area contributed by atoms with E-state index in [4.69, 9.17) is 4.74 Å². The van der Waals surface area contributed by atoms with Crippen LogP contribution in [0, 0.1) is 6.92 Å². The van der Waals surface area contributed by atoms with Crippen molar-refractivity contribution < 1.29 is 19.1 Å². The molecule has 1 aliphatic rings. The van der Waals surface area contributed by atoms with Crippen molar-refractivity contribution in [3.63, 3.8) is 0 Å². The number of rotatable bonds is 5. The predicted molar refractivity (Wildman–Crippen MR) is 114 cm³/mol. The molecule has 0 saturated carbocycles. The highest BCUT2D eigenvalue weighted by Crippen LogP contribution is 2.28. The topological polar surface area (TPSA) is 96.9 Å². The van der Waals surface area contributed by atoms with E-state index >= 15 is 0 Å². The van der Waals surface area contributed by atoms with Gasteiger partial charge in [0.25, 0.3) is 11.8 Å². The summed E-state index contributed by atoms with van der Waals surface area (Å²) in [4.78, 5) is 39.3. The van der Waals surface area contributed by atoms with Crippen molar-refractivity contribution in [1.29, 1.82) is 0 Å². The zero-order valence-electron chi connectivity index (χ0n) is 15.9. The Bertz CT molecular complexity index is 1010. The number of aliphatic imine (C=N–C) groups is 1. The number of aryl methyl sites for hydroxylation is 1. The first-order chi connectivity index (χ1) is 13.9. The normalized spacial score (nSPS) is 14.5. The van der Waals surface area contributed by atoms with E-state index in [9.17, 15) is 14.4 Å². The Kier molecular flexibility index (Phi) is 6.46. The van der Waals surface area contributed by atoms with Crippen molar-refractivity contribution in [3.05, 3.63) is 64.6 Å². The van der Waals surface area contributed by atoms with E-state index < -0.39 is 5.91 Å². The number of nitrogens with one attached hydrogen (secondary N) is 2. The molecular weight excluding hydrogens is 390 g/mol. The van der Waals surface area contributed by atoms with Crippen LogP contribution in [0.5, 0.6) is 5.75 Å². The number of nitrogens with zero attached hydrogens (tertiary/aromatic N) is 1. The number of amides is 3. The number of anilines is 1. The second-order valence-electron chi connectivity index (χ2n) is 6.29. The number of ether oxygens (including phenoxy) is 1. The maximum absolute atomic E-state index is 12.1. The van der Waals surface area contributed by atoms with E-state index in [1.54, 1.807) is 30.3 Å². The summed E-state index contributed by atoms with van der Waals surface area (Å²) in [7, 11) is 0. The van der Waals surface area contributed by atoms with Crippen molar-refractivity contribution in [2.75, 3.05) is 11.9 Å². The second kappa shape index (κ2) is 9.20. The first-order valence-corrected chi connectivity index (χ1v) is 9.60. The molecule has 0 atom stereocenters. The Labute approximate surface area is 172 Å². The van der Waals surface area contributed by atoms with Crippen LogP contribution in [-0.2, 0) is 14.4 Å². The lowest BCUT2D eigenvalue weighted by Crippen LogP contribution is -2.23. The minimum Gasteiger partial charge on any atom is -0.484 e. The predicted octanol–water partition coefficient (Wildman–Crippen LogP) is 3.12. The third kappa shape index (κ3) is 6.05. The summed E-state index contributed by atoms with van der Waals surface area (Å²) in [5.41, 5.74) is 2.53. The van der Waals surface area contributed by atoms with Crippen LogP contribution >= 0.6 is 11.8 Å². The molecule has 1 heterocycles. The highest BCUT2D eigenvalue weighted by Gasteiger charge is 2.22. The molecule has 7 nitrogen and oxygen atoms in total. The average molecular weight is 409 g/mol. The van der Waals surface area contributed by atoms with Crippen LogP contribution in [0.4, 0.5) is 5.69 Å². The molecule has 0 bridgehead atoms. The Morgan fingerprint density at radius 3 is 2.62 bits per heavy atom. The molecule has 8 heteroatoms. The van der Waals surface area contributed by atoms with Crippen LogP contribution in [-0.4, -0.2) is 29.5 Å². The third-order valence-electron chi connectivity index (χ3n) is 3.76. The highest BCUT2D eigenvalue weighted by molar-refractivity contribution is 8.18. The van der Waals surface area contributed by atoms with Crippen LogP contribution in [0.1, 0.15) is 18.1 Å². The zero-order valence-corrected chi connectivity index (χ0v) is 16.7. The van der Waals surface area contributed by atoms with E-state index in [2.05, 4.69) is 15.6 Å². The average Bonchev–Trinajstić information content (AvgIpc) is 3.00. The van der Waals surface area contributed by atoms with Gasteiger partial charge >= 0.3 is 0 Å². The molecule has 2 aromatic carbocycles. The number of benzene rings is 2. The number of carbonyl (C=O) groups is 3. The number of amidine groups is 1. The van der Waals surface area contributed by atoms with Crippen molar-refractivity contribution in [2.24, 2.45) is 4.99 Å².